The Hall–Kier alpha value is -1.13. The summed E-state index contributed by atoms with van der Waals surface area (Å²) in [6.45, 7) is -0.199. The van der Waals surface area contributed by atoms with E-state index in [1.807, 2.05) is 0 Å². The molecule has 0 amide bonds. The van der Waals surface area contributed by atoms with Crippen LogP contribution in [0.2, 0.25) is 0 Å². The molecule has 2 aliphatic heterocycles. The number of esters is 2. The average molecular weight is 461 g/mol. The summed E-state index contributed by atoms with van der Waals surface area (Å²) >= 11 is 6.05. The van der Waals surface area contributed by atoms with E-state index in [0.29, 0.717) is 0 Å². The lowest BCUT2D eigenvalue weighted by Gasteiger charge is -2.53. The van der Waals surface area contributed by atoms with Gasteiger partial charge < -0.3 is 54.7 Å². The molecular weight excluding hydrogens is 436 g/mol. The van der Waals surface area contributed by atoms with Crippen molar-refractivity contribution in [2.75, 3.05) is 13.2 Å². The monoisotopic (exact) mass is 460 g/mol. The lowest BCUT2D eigenvalue weighted by molar-refractivity contribution is -0.411. The van der Waals surface area contributed by atoms with Crippen LogP contribution >= 0.6 is 11.6 Å². The number of halogens is 1. The predicted molar refractivity (Wildman–Crippen MR) is 92.6 cm³/mol. The Balaban J connectivity index is 2.52. The summed E-state index contributed by atoms with van der Waals surface area (Å²) in [6.07, 6.45) is -13.6. The molecule has 0 radical (unpaired) electrons. The van der Waals surface area contributed by atoms with Crippen molar-refractivity contribution >= 4 is 23.5 Å². The highest BCUT2D eigenvalue weighted by atomic mass is 35.5. The second kappa shape index (κ2) is 9.16. The molecule has 0 aliphatic carbocycles. The fourth-order valence-electron chi connectivity index (χ4n) is 3.56. The van der Waals surface area contributed by atoms with Gasteiger partial charge in [0.2, 0.25) is 5.79 Å². The van der Waals surface area contributed by atoms with Crippen LogP contribution in [0.25, 0.3) is 0 Å². The number of aliphatic hydroxyl groups excluding tert-OH is 6. The van der Waals surface area contributed by atoms with Gasteiger partial charge in [-0.3, -0.25) is 9.59 Å². The zero-order chi connectivity index (χ0) is 23.0. The minimum absolute atomic E-state index is 0.847. The summed E-state index contributed by atoms with van der Waals surface area (Å²) in [5.74, 6) is -5.09. The molecule has 0 aromatic heterocycles. The molecule has 0 saturated carbocycles. The Morgan fingerprint density at radius 1 is 1.00 bits per heavy atom. The van der Waals surface area contributed by atoms with Gasteiger partial charge in [0.05, 0.1) is 18.6 Å². The fourth-order valence-corrected chi connectivity index (χ4v) is 3.87. The predicted octanol–water partition coefficient (Wildman–Crippen LogP) is -4.30. The summed E-state index contributed by atoms with van der Waals surface area (Å²) in [5.41, 5.74) is -2.69. The van der Waals surface area contributed by atoms with Crippen LogP contribution in [0.4, 0.5) is 0 Å². The Labute approximate surface area is 175 Å². The number of carbonyl (C=O) groups is 2. The van der Waals surface area contributed by atoms with Crippen LogP contribution in [-0.2, 0) is 28.5 Å². The Morgan fingerprint density at radius 2 is 1.53 bits per heavy atom. The first-order valence-corrected chi connectivity index (χ1v) is 9.30. The third-order valence-corrected chi connectivity index (χ3v) is 5.58. The molecular formula is C16H25ClO13. The number of ether oxygens (including phenoxy) is 4. The molecule has 2 heterocycles. The molecule has 0 bridgehead atoms. The van der Waals surface area contributed by atoms with Crippen LogP contribution in [-0.4, -0.2) is 121 Å². The number of hydrogen-bond acceptors (Lipinski definition) is 13. The van der Waals surface area contributed by atoms with E-state index in [2.05, 4.69) is 0 Å². The third kappa shape index (κ3) is 4.02. The number of aliphatic hydroxyl groups is 7. The van der Waals surface area contributed by atoms with Crippen molar-refractivity contribution in [1.29, 1.82) is 0 Å². The molecule has 174 valence electrons. The topological polar surface area (TPSA) is 213 Å². The molecule has 13 nitrogen and oxygen atoms in total. The highest BCUT2D eigenvalue weighted by Crippen LogP contribution is 2.47. The molecule has 0 aromatic carbocycles. The van der Waals surface area contributed by atoms with E-state index in [1.165, 1.54) is 0 Å². The van der Waals surface area contributed by atoms with Gasteiger partial charge in [0.1, 0.15) is 30.5 Å². The average Bonchev–Trinajstić information content (AvgIpc) is 2.93. The van der Waals surface area contributed by atoms with Crippen molar-refractivity contribution in [3.05, 3.63) is 0 Å². The second-order valence-corrected chi connectivity index (χ2v) is 7.57. The van der Waals surface area contributed by atoms with Crippen molar-refractivity contribution in [1.82, 2.24) is 0 Å². The molecule has 0 spiro atoms. The van der Waals surface area contributed by atoms with Gasteiger partial charge in [0.15, 0.2) is 11.7 Å². The minimum Gasteiger partial charge on any atom is -0.422 e. The first-order valence-electron chi connectivity index (χ1n) is 8.86. The summed E-state index contributed by atoms with van der Waals surface area (Å²) in [7, 11) is 0. The minimum atomic E-state index is -3.18. The maximum atomic E-state index is 11.4. The molecule has 14 heteroatoms. The van der Waals surface area contributed by atoms with E-state index in [0.717, 1.165) is 13.8 Å². The van der Waals surface area contributed by atoms with Gasteiger partial charge in [0.25, 0.3) is 6.29 Å². The van der Waals surface area contributed by atoms with E-state index in [1.54, 1.807) is 0 Å². The summed E-state index contributed by atoms with van der Waals surface area (Å²) in [5, 5.41) is 70.1. The Kier molecular flexibility index (Phi) is 7.67. The molecule has 30 heavy (non-hydrogen) atoms. The number of alkyl halides is 1. The maximum Gasteiger partial charge on any atom is 0.305 e. The SMILES string of the molecule is CC(=O)OC(OC(C)=O)[C@H]1O[C@@](O)(C2(CO)O[C@H](CO)[C@@H](O)[C@@H]2O)[C@H](O)[C@@H](O)[C@H]1Cl. The van der Waals surface area contributed by atoms with Crippen molar-refractivity contribution in [2.45, 2.75) is 73.5 Å². The van der Waals surface area contributed by atoms with Gasteiger partial charge in [-0.05, 0) is 0 Å². The van der Waals surface area contributed by atoms with Crippen molar-refractivity contribution in [3.8, 4) is 0 Å². The highest BCUT2D eigenvalue weighted by molar-refractivity contribution is 6.21. The van der Waals surface area contributed by atoms with Crippen LogP contribution in [0.3, 0.4) is 0 Å². The molecule has 9 atom stereocenters. The molecule has 2 saturated heterocycles. The molecule has 0 aromatic rings. The van der Waals surface area contributed by atoms with Crippen LogP contribution < -0.4 is 0 Å². The van der Waals surface area contributed by atoms with Crippen LogP contribution in [0, 0.1) is 0 Å². The van der Waals surface area contributed by atoms with E-state index < -0.39 is 84.8 Å². The highest BCUT2D eigenvalue weighted by Gasteiger charge is 2.72. The molecule has 2 fully saturated rings. The van der Waals surface area contributed by atoms with Crippen LogP contribution in [0.15, 0.2) is 0 Å². The van der Waals surface area contributed by atoms with E-state index in [-0.39, 0.29) is 0 Å². The normalized spacial score (nSPS) is 44.2. The fraction of sp³-hybridized carbons (Fsp3) is 0.875. The summed E-state index contributed by atoms with van der Waals surface area (Å²) < 4.78 is 20.2. The largest absolute Gasteiger partial charge is 0.422 e. The van der Waals surface area contributed by atoms with Gasteiger partial charge in [-0.15, -0.1) is 11.6 Å². The van der Waals surface area contributed by atoms with Crippen LogP contribution in [0.1, 0.15) is 13.8 Å². The van der Waals surface area contributed by atoms with E-state index >= 15 is 0 Å². The molecule has 2 rings (SSSR count). The first-order chi connectivity index (χ1) is 13.9. The van der Waals surface area contributed by atoms with Gasteiger partial charge in [0, 0.05) is 13.8 Å². The standard InChI is InChI=1S/C16H25ClO13/c1-5(20)27-14(28-6(2)21)11-8(17)10(23)13(25)16(26,30-11)15(4-19)12(24)9(22)7(3-18)29-15/h7-14,18-19,22-26H,3-4H2,1-2H3/t7-,8-,9-,10+,11+,12+,13-,15?,16-/m1/s1. The maximum absolute atomic E-state index is 11.4. The zero-order valence-electron chi connectivity index (χ0n) is 16.0. The number of hydrogen-bond donors (Lipinski definition) is 7. The van der Waals surface area contributed by atoms with Gasteiger partial charge in [-0.1, -0.05) is 0 Å². The number of carbonyl (C=O) groups excluding carboxylic acids is 2. The van der Waals surface area contributed by atoms with E-state index in [4.69, 9.17) is 30.5 Å². The van der Waals surface area contributed by atoms with Crippen LogP contribution in [0.5, 0.6) is 0 Å². The molecule has 2 aliphatic rings. The second-order valence-electron chi connectivity index (χ2n) is 7.07. The Morgan fingerprint density at radius 3 is 1.93 bits per heavy atom. The quantitative estimate of drug-likeness (QED) is 0.114. The van der Waals surface area contributed by atoms with E-state index in [9.17, 15) is 45.3 Å². The third-order valence-electron chi connectivity index (χ3n) is 5.08. The zero-order valence-corrected chi connectivity index (χ0v) is 16.7. The lowest BCUT2D eigenvalue weighted by Crippen LogP contribution is -2.77. The van der Waals surface area contributed by atoms with Gasteiger partial charge in [-0.2, -0.15) is 0 Å². The van der Waals surface area contributed by atoms with Crippen molar-refractivity contribution in [2.24, 2.45) is 0 Å². The van der Waals surface area contributed by atoms with Gasteiger partial charge >= 0.3 is 11.9 Å². The Bertz CT molecular complexity index is 633. The molecule has 1 unspecified atom stereocenters. The lowest BCUT2D eigenvalue weighted by atomic mass is 9.78. The summed E-state index contributed by atoms with van der Waals surface area (Å²) in [4.78, 5) is 22.8. The first kappa shape index (κ1) is 25.1. The molecule has 7 N–H and O–H groups in total. The van der Waals surface area contributed by atoms with Gasteiger partial charge in [-0.25, -0.2) is 0 Å². The smallest absolute Gasteiger partial charge is 0.305 e. The van der Waals surface area contributed by atoms with Crippen molar-refractivity contribution in [3.63, 3.8) is 0 Å². The number of rotatable bonds is 6. The summed E-state index contributed by atoms with van der Waals surface area (Å²) in [6, 6.07) is 0. The van der Waals surface area contributed by atoms with Crippen molar-refractivity contribution < 1.29 is 64.3 Å².